The first kappa shape index (κ1) is 18.5. The standard InChI is InChI=1S/C21H25FN2O2/c1-26-12-11-24-10-9-16(15-24)14-23-21(25)19-4-2-3-18(13-19)17-5-7-20(22)8-6-17/h2-8,13,16H,9-12,14-15H2,1H3,(H,23,25). The Bertz CT molecular complexity index is 733. The summed E-state index contributed by atoms with van der Waals surface area (Å²) in [6, 6.07) is 13.7. The van der Waals surface area contributed by atoms with Crippen LogP contribution in [-0.4, -0.2) is 50.7 Å². The number of carbonyl (C=O) groups excluding carboxylic acids is 1. The molecule has 5 heteroatoms. The lowest BCUT2D eigenvalue weighted by Gasteiger charge is -2.15. The second kappa shape index (κ2) is 8.92. The fourth-order valence-corrected chi connectivity index (χ4v) is 3.32. The second-order valence-corrected chi connectivity index (χ2v) is 6.75. The summed E-state index contributed by atoms with van der Waals surface area (Å²) in [4.78, 5) is 14.9. The van der Waals surface area contributed by atoms with Gasteiger partial charge in [0.25, 0.3) is 5.91 Å². The molecule has 1 unspecified atom stereocenters. The van der Waals surface area contributed by atoms with Gasteiger partial charge in [0.05, 0.1) is 6.61 Å². The van der Waals surface area contributed by atoms with E-state index < -0.39 is 0 Å². The van der Waals surface area contributed by atoms with E-state index in [1.54, 1.807) is 19.2 Å². The maximum Gasteiger partial charge on any atom is 0.251 e. The van der Waals surface area contributed by atoms with E-state index in [1.807, 2.05) is 24.3 Å². The van der Waals surface area contributed by atoms with Crippen LogP contribution in [0, 0.1) is 11.7 Å². The number of halogens is 1. The summed E-state index contributed by atoms with van der Waals surface area (Å²) in [5, 5.41) is 3.05. The number of likely N-dealkylation sites (tertiary alicyclic amines) is 1. The lowest BCUT2D eigenvalue weighted by molar-refractivity contribution is 0.0946. The third-order valence-electron chi connectivity index (χ3n) is 4.84. The van der Waals surface area contributed by atoms with Crippen molar-refractivity contribution in [3.63, 3.8) is 0 Å². The summed E-state index contributed by atoms with van der Waals surface area (Å²) >= 11 is 0. The van der Waals surface area contributed by atoms with E-state index in [0.717, 1.165) is 43.8 Å². The van der Waals surface area contributed by atoms with Crippen molar-refractivity contribution < 1.29 is 13.9 Å². The molecule has 1 heterocycles. The Morgan fingerprint density at radius 2 is 2.04 bits per heavy atom. The lowest BCUT2D eigenvalue weighted by atomic mass is 10.0. The molecule has 4 nitrogen and oxygen atoms in total. The molecule has 0 aromatic heterocycles. The predicted octanol–water partition coefficient (Wildman–Crippen LogP) is 3.19. The van der Waals surface area contributed by atoms with Gasteiger partial charge in [0, 0.05) is 32.3 Å². The minimum Gasteiger partial charge on any atom is -0.383 e. The first-order valence-corrected chi connectivity index (χ1v) is 9.01. The van der Waals surface area contributed by atoms with Crippen molar-refractivity contribution in [1.82, 2.24) is 10.2 Å². The Morgan fingerprint density at radius 1 is 1.23 bits per heavy atom. The minimum atomic E-state index is -0.265. The largest absolute Gasteiger partial charge is 0.383 e. The van der Waals surface area contributed by atoms with Gasteiger partial charge in [-0.3, -0.25) is 4.79 Å². The molecule has 1 saturated heterocycles. The molecule has 3 rings (SSSR count). The van der Waals surface area contributed by atoms with Crippen LogP contribution in [-0.2, 0) is 4.74 Å². The van der Waals surface area contributed by atoms with Crippen LogP contribution in [0.1, 0.15) is 16.8 Å². The van der Waals surface area contributed by atoms with E-state index in [1.165, 1.54) is 12.1 Å². The lowest BCUT2D eigenvalue weighted by Crippen LogP contribution is -2.31. The van der Waals surface area contributed by atoms with Crippen molar-refractivity contribution >= 4 is 5.91 Å². The maximum atomic E-state index is 13.1. The van der Waals surface area contributed by atoms with Crippen molar-refractivity contribution in [3.05, 3.63) is 59.9 Å². The minimum absolute atomic E-state index is 0.0655. The number of nitrogens with zero attached hydrogens (tertiary/aromatic N) is 1. The van der Waals surface area contributed by atoms with Gasteiger partial charge in [-0.25, -0.2) is 4.39 Å². The molecule has 1 fully saturated rings. The summed E-state index contributed by atoms with van der Waals surface area (Å²) in [5.74, 6) is 0.152. The highest BCUT2D eigenvalue weighted by atomic mass is 19.1. The molecular weight excluding hydrogens is 331 g/mol. The molecule has 0 aliphatic carbocycles. The number of carbonyl (C=O) groups is 1. The van der Waals surface area contributed by atoms with Crippen molar-refractivity contribution in [2.24, 2.45) is 5.92 Å². The molecule has 1 atom stereocenters. The van der Waals surface area contributed by atoms with Crippen LogP contribution >= 0.6 is 0 Å². The number of benzene rings is 2. The van der Waals surface area contributed by atoms with E-state index in [2.05, 4.69) is 10.2 Å². The molecule has 2 aromatic carbocycles. The van der Waals surface area contributed by atoms with Crippen LogP contribution < -0.4 is 5.32 Å². The molecule has 1 N–H and O–H groups in total. The summed E-state index contributed by atoms with van der Waals surface area (Å²) in [6.07, 6.45) is 1.10. The van der Waals surface area contributed by atoms with Crippen LogP contribution in [0.2, 0.25) is 0 Å². The van der Waals surface area contributed by atoms with Crippen LogP contribution in [0.5, 0.6) is 0 Å². The Kier molecular flexibility index (Phi) is 6.36. The second-order valence-electron chi connectivity index (χ2n) is 6.75. The maximum absolute atomic E-state index is 13.1. The average Bonchev–Trinajstić information content (AvgIpc) is 3.13. The molecule has 1 amide bonds. The predicted molar refractivity (Wildman–Crippen MR) is 101 cm³/mol. The van der Waals surface area contributed by atoms with Crippen LogP contribution in [0.25, 0.3) is 11.1 Å². The Morgan fingerprint density at radius 3 is 2.81 bits per heavy atom. The van der Waals surface area contributed by atoms with Gasteiger partial charge in [0.15, 0.2) is 0 Å². The number of ether oxygens (including phenoxy) is 1. The summed E-state index contributed by atoms with van der Waals surface area (Å²) in [5.41, 5.74) is 2.43. The first-order valence-electron chi connectivity index (χ1n) is 9.01. The zero-order valence-corrected chi connectivity index (χ0v) is 15.1. The van der Waals surface area contributed by atoms with Gasteiger partial charge < -0.3 is 15.0 Å². The van der Waals surface area contributed by atoms with Gasteiger partial charge in [0.1, 0.15) is 5.82 Å². The number of methoxy groups -OCH3 is 1. The SMILES string of the molecule is COCCN1CCC(CNC(=O)c2cccc(-c3ccc(F)cc3)c2)C1. The quantitative estimate of drug-likeness (QED) is 0.828. The van der Waals surface area contributed by atoms with E-state index >= 15 is 0 Å². The van der Waals surface area contributed by atoms with E-state index in [4.69, 9.17) is 4.74 Å². The molecule has 0 spiro atoms. The number of hydrogen-bond acceptors (Lipinski definition) is 3. The normalized spacial score (nSPS) is 17.4. The van der Waals surface area contributed by atoms with Crippen LogP contribution in [0.15, 0.2) is 48.5 Å². The van der Waals surface area contributed by atoms with Crippen molar-refractivity contribution in [2.45, 2.75) is 6.42 Å². The van der Waals surface area contributed by atoms with Gasteiger partial charge in [-0.2, -0.15) is 0 Å². The average molecular weight is 356 g/mol. The third kappa shape index (κ3) is 4.90. The highest BCUT2D eigenvalue weighted by Gasteiger charge is 2.22. The van der Waals surface area contributed by atoms with E-state index in [-0.39, 0.29) is 11.7 Å². The molecule has 1 aliphatic rings. The summed E-state index contributed by atoms with van der Waals surface area (Å²) in [6.45, 7) is 4.43. The number of hydrogen-bond donors (Lipinski definition) is 1. The Hall–Kier alpha value is -2.24. The van der Waals surface area contributed by atoms with E-state index in [9.17, 15) is 9.18 Å². The van der Waals surface area contributed by atoms with Crippen molar-refractivity contribution in [3.8, 4) is 11.1 Å². The summed E-state index contributed by atoms with van der Waals surface area (Å²) in [7, 11) is 1.72. The fraction of sp³-hybridized carbons (Fsp3) is 0.381. The smallest absolute Gasteiger partial charge is 0.251 e. The molecule has 0 bridgehead atoms. The Labute approximate surface area is 154 Å². The molecular formula is C21H25FN2O2. The summed E-state index contributed by atoms with van der Waals surface area (Å²) < 4.78 is 18.2. The van der Waals surface area contributed by atoms with Crippen LogP contribution in [0.3, 0.4) is 0 Å². The topological polar surface area (TPSA) is 41.6 Å². The van der Waals surface area contributed by atoms with Crippen molar-refractivity contribution in [1.29, 1.82) is 0 Å². The molecule has 0 saturated carbocycles. The van der Waals surface area contributed by atoms with Gasteiger partial charge in [-0.15, -0.1) is 0 Å². The molecule has 138 valence electrons. The van der Waals surface area contributed by atoms with Gasteiger partial charge >= 0.3 is 0 Å². The molecule has 1 aliphatic heterocycles. The number of nitrogens with one attached hydrogen (secondary N) is 1. The van der Waals surface area contributed by atoms with Gasteiger partial charge in [-0.1, -0.05) is 24.3 Å². The molecule has 2 aromatic rings. The zero-order chi connectivity index (χ0) is 18.4. The fourth-order valence-electron chi connectivity index (χ4n) is 3.32. The van der Waals surface area contributed by atoms with Crippen LogP contribution in [0.4, 0.5) is 4.39 Å². The molecule has 26 heavy (non-hydrogen) atoms. The van der Waals surface area contributed by atoms with Gasteiger partial charge in [-0.05, 0) is 54.3 Å². The van der Waals surface area contributed by atoms with Gasteiger partial charge in [0.2, 0.25) is 0 Å². The monoisotopic (exact) mass is 356 g/mol. The molecule has 0 radical (unpaired) electrons. The number of amides is 1. The Balaban J connectivity index is 1.55. The first-order chi connectivity index (χ1) is 12.7. The zero-order valence-electron chi connectivity index (χ0n) is 15.1. The third-order valence-corrected chi connectivity index (χ3v) is 4.84. The van der Waals surface area contributed by atoms with E-state index in [0.29, 0.717) is 18.0 Å². The van der Waals surface area contributed by atoms with Crippen molar-refractivity contribution in [2.75, 3.05) is 39.9 Å². The highest BCUT2D eigenvalue weighted by molar-refractivity contribution is 5.95. The highest BCUT2D eigenvalue weighted by Crippen LogP contribution is 2.21. The number of rotatable bonds is 7.